The minimum absolute atomic E-state index is 0.292. The van der Waals surface area contributed by atoms with E-state index in [0.717, 1.165) is 49.2 Å². The quantitative estimate of drug-likeness (QED) is 0.588. The second kappa shape index (κ2) is 10.3. The van der Waals surface area contributed by atoms with Crippen molar-refractivity contribution in [3.63, 3.8) is 0 Å². The fourth-order valence-electron chi connectivity index (χ4n) is 3.76. The van der Waals surface area contributed by atoms with Gasteiger partial charge in [0.2, 0.25) is 5.91 Å². The van der Waals surface area contributed by atoms with Gasteiger partial charge in [-0.1, -0.05) is 41.8 Å². The second-order valence-electron chi connectivity index (χ2n) is 8.00. The number of hydrazine groups is 1. The Morgan fingerprint density at radius 1 is 0.839 bits per heavy atom. The molecule has 168 valence electrons. The number of piperidine rings is 1. The van der Waals surface area contributed by atoms with Crippen LogP contribution in [0.1, 0.15) is 37.7 Å². The third-order valence-corrected chi connectivity index (χ3v) is 7.53. The van der Waals surface area contributed by atoms with Gasteiger partial charge in [0.15, 0.2) is 9.84 Å². The Morgan fingerprint density at radius 2 is 1.42 bits per heavy atom. The number of hydrogen-bond acceptors (Lipinski definition) is 4. The van der Waals surface area contributed by atoms with Crippen molar-refractivity contribution in [1.82, 2.24) is 10.0 Å². The molecule has 2 aromatic rings. The first-order valence-electron chi connectivity index (χ1n) is 10.5. The molecule has 0 aliphatic carbocycles. The Balaban J connectivity index is 0.000000194. The van der Waals surface area contributed by atoms with Crippen LogP contribution in [0.2, 0.25) is 10.0 Å². The largest absolute Gasteiger partial charge is 0.275 e. The zero-order valence-electron chi connectivity index (χ0n) is 17.9. The summed E-state index contributed by atoms with van der Waals surface area (Å²) >= 11 is 12.2. The van der Waals surface area contributed by atoms with Crippen molar-refractivity contribution in [2.45, 2.75) is 43.9 Å². The third kappa shape index (κ3) is 6.22. The van der Waals surface area contributed by atoms with E-state index >= 15 is 0 Å². The Bertz CT molecular complexity index is 1010. The molecule has 8 heteroatoms. The molecule has 31 heavy (non-hydrogen) atoms. The van der Waals surface area contributed by atoms with Gasteiger partial charge in [0.1, 0.15) is 0 Å². The van der Waals surface area contributed by atoms with Crippen molar-refractivity contribution in [3.8, 4) is 11.1 Å². The topological polar surface area (TPSA) is 57.7 Å². The number of benzene rings is 2. The van der Waals surface area contributed by atoms with Crippen molar-refractivity contribution in [1.29, 1.82) is 0 Å². The maximum Gasteiger partial charge on any atom is 0.236 e. The minimum atomic E-state index is -3.18. The monoisotopic (exact) mass is 482 g/mol. The molecule has 0 saturated carbocycles. The number of sulfone groups is 1. The van der Waals surface area contributed by atoms with Gasteiger partial charge < -0.3 is 0 Å². The van der Waals surface area contributed by atoms with E-state index in [1.165, 1.54) is 25.5 Å². The van der Waals surface area contributed by atoms with Crippen molar-refractivity contribution in [2.75, 3.05) is 25.9 Å². The first-order valence-corrected chi connectivity index (χ1v) is 13.1. The van der Waals surface area contributed by atoms with Crippen LogP contribution < -0.4 is 0 Å². The maximum atomic E-state index is 11.4. The Kier molecular flexibility index (Phi) is 8.03. The average molecular weight is 483 g/mol. The van der Waals surface area contributed by atoms with E-state index in [2.05, 4.69) is 5.01 Å². The van der Waals surface area contributed by atoms with Crippen LogP contribution in [0.25, 0.3) is 11.1 Å². The molecule has 2 aliphatic rings. The summed E-state index contributed by atoms with van der Waals surface area (Å²) in [5.74, 6) is 0.330. The van der Waals surface area contributed by atoms with E-state index in [-0.39, 0.29) is 0 Å². The van der Waals surface area contributed by atoms with Crippen LogP contribution in [0.3, 0.4) is 0 Å². The first-order chi connectivity index (χ1) is 14.7. The summed E-state index contributed by atoms with van der Waals surface area (Å²) in [6.45, 7) is 4.98. The number of rotatable bonds is 3. The summed E-state index contributed by atoms with van der Waals surface area (Å²) in [6, 6.07) is 10.3. The van der Waals surface area contributed by atoms with E-state index in [1.807, 2.05) is 24.1 Å². The van der Waals surface area contributed by atoms with Gasteiger partial charge in [0, 0.05) is 42.4 Å². The van der Waals surface area contributed by atoms with Gasteiger partial charge in [-0.3, -0.25) is 9.80 Å². The van der Waals surface area contributed by atoms with Crippen LogP contribution in [-0.4, -0.2) is 50.2 Å². The predicted octanol–water partition coefficient (Wildman–Crippen LogP) is 5.38. The smallest absolute Gasteiger partial charge is 0.236 e. The summed E-state index contributed by atoms with van der Waals surface area (Å²) in [7, 11) is -3.18. The van der Waals surface area contributed by atoms with Crippen molar-refractivity contribution in [3.05, 3.63) is 52.0 Å². The SMILES string of the molecule is Cc1c(Cl)cc(-c2ccc(S(C)(=O)=O)cc2)cc1Cl.O=C1CCCN1N1CCCCC1. The molecular weight excluding hydrogens is 455 g/mol. The normalized spacial score (nSPS) is 17.4. The molecule has 2 aliphatic heterocycles. The number of carbonyl (C=O) groups is 1. The molecule has 5 nitrogen and oxygen atoms in total. The van der Waals surface area contributed by atoms with Crippen LogP contribution >= 0.6 is 23.2 Å². The standard InChI is InChI=1S/C14H12Cl2O2S.C9H16N2O/c1-9-13(15)7-11(8-14(9)16)10-3-5-12(6-4-10)19(2,17)18;12-9-5-4-8-11(9)10-6-2-1-3-7-10/h3-8H,1-2H3;1-8H2. The first kappa shape index (κ1) is 24.1. The van der Waals surface area contributed by atoms with Gasteiger partial charge in [0.25, 0.3) is 0 Å². The van der Waals surface area contributed by atoms with Crippen molar-refractivity contribution < 1.29 is 13.2 Å². The van der Waals surface area contributed by atoms with Gasteiger partial charge in [-0.05, 0) is 67.1 Å². The summed E-state index contributed by atoms with van der Waals surface area (Å²) in [5, 5.41) is 5.38. The van der Waals surface area contributed by atoms with Gasteiger partial charge in [-0.25, -0.2) is 13.4 Å². The molecular formula is C23H28Cl2N2O3S. The molecule has 4 rings (SSSR count). The minimum Gasteiger partial charge on any atom is -0.275 e. The van der Waals surface area contributed by atoms with Crippen molar-refractivity contribution >= 4 is 38.9 Å². The zero-order valence-corrected chi connectivity index (χ0v) is 20.2. The molecule has 2 heterocycles. The predicted molar refractivity (Wildman–Crippen MR) is 126 cm³/mol. The molecule has 2 fully saturated rings. The van der Waals surface area contributed by atoms with Crippen molar-refractivity contribution in [2.24, 2.45) is 0 Å². The average Bonchev–Trinajstić information content (AvgIpc) is 3.18. The lowest BCUT2D eigenvalue weighted by atomic mass is 10.0. The molecule has 0 radical (unpaired) electrons. The molecule has 0 bridgehead atoms. The molecule has 2 saturated heterocycles. The van der Waals surface area contributed by atoms with Gasteiger partial charge in [0.05, 0.1) is 4.90 Å². The lowest BCUT2D eigenvalue weighted by Crippen LogP contribution is -2.46. The number of carbonyl (C=O) groups excluding carboxylic acids is 1. The lowest BCUT2D eigenvalue weighted by Gasteiger charge is -2.34. The van der Waals surface area contributed by atoms with E-state index in [9.17, 15) is 13.2 Å². The molecule has 1 amide bonds. The summed E-state index contributed by atoms with van der Waals surface area (Å²) in [6.07, 6.45) is 6.83. The Labute approximate surface area is 194 Å². The molecule has 0 N–H and O–H groups in total. The number of hydrogen-bond donors (Lipinski definition) is 0. The van der Waals surface area contributed by atoms with Gasteiger partial charge >= 0.3 is 0 Å². The fourth-order valence-corrected chi connectivity index (χ4v) is 4.88. The molecule has 0 unspecified atom stereocenters. The van der Waals surface area contributed by atoms with E-state index in [0.29, 0.717) is 20.8 Å². The Morgan fingerprint density at radius 3 is 1.90 bits per heavy atom. The highest BCUT2D eigenvalue weighted by molar-refractivity contribution is 7.90. The summed E-state index contributed by atoms with van der Waals surface area (Å²) in [4.78, 5) is 11.6. The van der Waals surface area contributed by atoms with Crippen LogP contribution in [0, 0.1) is 6.92 Å². The fraction of sp³-hybridized carbons (Fsp3) is 0.435. The Hall–Kier alpha value is -1.60. The molecule has 0 spiro atoms. The molecule has 0 aromatic heterocycles. The third-order valence-electron chi connectivity index (χ3n) is 5.62. The molecule has 0 atom stereocenters. The highest BCUT2D eigenvalue weighted by atomic mass is 35.5. The van der Waals surface area contributed by atoms with E-state index in [1.54, 1.807) is 24.3 Å². The second-order valence-corrected chi connectivity index (χ2v) is 10.8. The maximum absolute atomic E-state index is 11.4. The van der Waals surface area contributed by atoms with Gasteiger partial charge in [-0.2, -0.15) is 0 Å². The van der Waals surface area contributed by atoms with Crippen LogP contribution in [0.15, 0.2) is 41.3 Å². The number of amides is 1. The van der Waals surface area contributed by atoms with Crippen LogP contribution in [0.4, 0.5) is 0 Å². The highest BCUT2D eigenvalue weighted by Gasteiger charge is 2.26. The summed E-state index contributed by atoms with van der Waals surface area (Å²) < 4.78 is 22.8. The number of halogens is 2. The van der Waals surface area contributed by atoms with Gasteiger partial charge in [-0.15, -0.1) is 0 Å². The lowest BCUT2D eigenvalue weighted by molar-refractivity contribution is -0.144. The summed E-state index contributed by atoms with van der Waals surface area (Å²) in [5.41, 5.74) is 2.57. The zero-order chi connectivity index (χ0) is 22.6. The number of nitrogens with zero attached hydrogens (tertiary/aromatic N) is 2. The van der Waals surface area contributed by atoms with Crippen LogP contribution in [-0.2, 0) is 14.6 Å². The van der Waals surface area contributed by atoms with Crippen LogP contribution in [0.5, 0.6) is 0 Å². The highest BCUT2D eigenvalue weighted by Crippen LogP contribution is 2.31. The van der Waals surface area contributed by atoms with E-state index in [4.69, 9.17) is 23.2 Å². The molecule has 2 aromatic carbocycles. The van der Waals surface area contributed by atoms with E-state index < -0.39 is 9.84 Å².